The van der Waals surface area contributed by atoms with E-state index in [1.807, 2.05) is 20.8 Å². The fourth-order valence-corrected chi connectivity index (χ4v) is 3.25. The number of aryl methyl sites for hydroxylation is 1. The van der Waals surface area contributed by atoms with Crippen LogP contribution in [0.3, 0.4) is 0 Å². The predicted molar refractivity (Wildman–Crippen MR) is 107 cm³/mol. The van der Waals surface area contributed by atoms with Gasteiger partial charge in [0.15, 0.2) is 5.11 Å². The highest BCUT2D eigenvalue weighted by atomic mass is 32.1. The molecule has 0 bridgehead atoms. The standard InChI is InChI=1S/C18H31N5O2S/c1-18(2,3)25-17(24)23-12-14(21-15(23)19)10-7-11-20-16(26)22-13-8-5-4-6-9-13/h12-13H,4-11H2,1-3H3,(H2,19,21)(H2,20,22,26). The molecule has 0 aromatic carbocycles. The molecule has 1 aromatic rings. The molecule has 0 spiro atoms. The Bertz CT molecular complexity index is 618. The molecule has 1 aliphatic carbocycles. The molecular formula is C18H31N5O2S. The molecule has 0 atom stereocenters. The van der Waals surface area contributed by atoms with Crippen LogP contribution >= 0.6 is 12.2 Å². The van der Waals surface area contributed by atoms with Crippen LogP contribution in [0.25, 0.3) is 0 Å². The number of nitrogens with one attached hydrogen (secondary N) is 2. The molecular weight excluding hydrogens is 350 g/mol. The molecule has 2 rings (SSSR count). The molecule has 0 saturated heterocycles. The molecule has 0 aliphatic heterocycles. The molecule has 0 amide bonds. The van der Waals surface area contributed by atoms with Crippen molar-refractivity contribution in [3.63, 3.8) is 0 Å². The van der Waals surface area contributed by atoms with Gasteiger partial charge < -0.3 is 21.1 Å². The molecule has 26 heavy (non-hydrogen) atoms. The fraction of sp³-hybridized carbons (Fsp3) is 0.722. The Hall–Kier alpha value is -1.83. The van der Waals surface area contributed by atoms with E-state index in [-0.39, 0.29) is 5.95 Å². The second kappa shape index (κ2) is 9.21. The highest BCUT2D eigenvalue weighted by Crippen LogP contribution is 2.17. The Kier molecular flexibility index (Phi) is 7.25. The van der Waals surface area contributed by atoms with Crippen LogP contribution in [0, 0.1) is 0 Å². The summed E-state index contributed by atoms with van der Waals surface area (Å²) < 4.78 is 6.57. The number of ether oxygens (including phenoxy) is 1. The smallest absolute Gasteiger partial charge is 0.421 e. The normalized spacial score (nSPS) is 15.5. The largest absolute Gasteiger partial charge is 0.443 e. The Balaban J connectivity index is 1.71. The van der Waals surface area contributed by atoms with Gasteiger partial charge >= 0.3 is 6.09 Å². The van der Waals surface area contributed by atoms with E-state index in [1.165, 1.54) is 36.7 Å². The molecule has 0 unspecified atom stereocenters. The van der Waals surface area contributed by atoms with Crippen molar-refractivity contribution in [2.24, 2.45) is 0 Å². The number of carbonyl (C=O) groups is 1. The maximum Gasteiger partial charge on any atom is 0.421 e. The van der Waals surface area contributed by atoms with Gasteiger partial charge in [0.25, 0.3) is 0 Å². The van der Waals surface area contributed by atoms with Crippen molar-refractivity contribution in [3.05, 3.63) is 11.9 Å². The van der Waals surface area contributed by atoms with Gasteiger partial charge in [-0.25, -0.2) is 14.3 Å². The number of carbonyl (C=O) groups excluding carboxylic acids is 1. The summed E-state index contributed by atoms with van der Waals surface area (Å²) in [6, 6.07) is 0.507. The van der Waals surface area contributed by atoms with E-state index in [0.29, 0.717) is 12.5 Å². The Labute approximate surface area is 161 Å². The summed E-state index contributed by atoms with van der Waals surface area (Å²) in [6.07, 6.45) is 8.97. The van der Waals surface area contributed by atoms with Gasteiger partial charge in [-0.1, -0.05) is 19.3 Å². The van der Waals surface area contributed by atoms with Crippen LogP contribution in [0.15, 0.2) is 6.20 Å². The lowest BCUT2D eigenvalue weighted by Gasteiger charge is -2.24. The topological polar surface area (TPSA) is 94.2 Å². The maximum absolute atomic E-state index is 12.1. The van der Waals surface area contributed by atoms with Gasteiger partial charge in [0.2, 0.25) is 5.95 Å². The molecule has 1 saturated carbocycles. The summed E-state index contributed by atoms with van der Waals surface area (Å²) in [5.74, 6) is 0.150. The lowest BCUT2D eigenvalue weighted by atomic mass is 9.96. The van der Waals surface area contributed by atoms with Crippen LogP contribution in [-0.4, -0.2) is 38.9 Å². The van der Waals surface area contributed by atoms with Crippen LogP contribution in [-0.2, 0) is 11.2 Å². The van der Waals surface area contributed by atoms with Crippen molar-refractivity contribution >= 4 is 29.4 Å². The molecule has 1 fully saturated rings. The number of hydrogen-bond donors (Lipinski definition) is 3. The molecule has 1 aliphatic rings. The molecule has 7 nitrogen and oxygen atoms in total. The molecule has 146 valence electrons. The van der Waals surface area contributed by atoms with E-state index in [9.17, 15) is 4.79 Å². The minimum absolute atomic E-state index is 0.150. The van der Waals surface area contributed by atoms with Crippen molar-refractivity contribution < 1.29 is 9.53 Å². The van der Waals surface area contributed by atoms with E-state index < -0.39 is 11.7 Å². The summed E-state index contributed by atoms with van der Waals surface area (Å²) in [7, 11) is 0. The number of nitrogens with zero attached hydrogens (tertiary/aromatic N) is 2. The quantitative estimate of drug-likeness (QED) is 0.533. The minimum Gasteiger partial charge on any atom is -0.443 e. The van der Waals surface area contributed by atoms with Crippen molar-refractivity contribution in [2.75, 3.05) is 12.3 Å². The average Bonchev–Trinajstić information content (AvgIpc) is 2.92. The van der Waals surface area contributed by atoms with E-state index in [1.54, 1.807) is 6.20 Å². The van der Waals surface area contributed by atoms with Crippen molar-refractivity contribution in [3.8, 4) is 0 Å². The van der Waals surface area contributed by atoms with Crippen LogP contribution < -0.4 is 16.4 Å². The highest BCUT2D eigenvalue weighted by molar-refractivity contribution is 7.80. The summed E-state index contributed by atoms with van der Waals surface area (Å²) in [5.41, 5.74) is 6.02. The maximum atomic E-state index is 12.1. The lowest BCUT2D eigenvalue weighted by Crippen LogP contribution is -2.43. The lowest BCUT2D eigenvalue weighted by molar-refractivity contribution is 0.0540. The van der Waals surface area contributed by atoms with E-state index in [4.69, 9.17) is 22.7 Å². The predicted octanol–water partition coefficient (Wildman–Crippen LogP) is 2.98. The average molecular weight is 382 g/mol. The van der Waals surface area contributed by atoms with Gasteiger partial charge in [0, 0.05) is 18.8 Å². The number of nitrogen functional groups attached to an aromatic ring is 1. The number of aromatic nitrogens is 2. The van der Waals surface area contributed by atoms with E-state index >= 15 is 0 Å². The van der Waals surface area contributed by atoms with E-state index in [0.717, 1.165) is 23.8 Å². The number of imidazole rings is 1. The Morgan fingerprint density at radius 2 is 2.08 bits per heavy atom. The SMILES string of the molecule is CC(C)(C)OC(=O)n1cc(CCCNC(=S)NC2CCCCC2)nc1N. The summed E-state index contributed by atoms with van der Waals surface area (Å²) in [4.78, 5) is 16.3. The summed E-state index contributed by atoms with van der Waals surface area (Å²) in [6.45, 7) is 6.19. The highest BCUT2D eigenvalue weighted by Gasteiger charge is 2.20. The third-order valence-electron chi connectivity index (χ3n) is 4.21. The zero-order valence-electron chi connectivity index (χ0n) is 16.0. The number of anilines is 1. The molecule has 0 radical (unpaired) electrons. The van der Waals surface area contributed by atoms with Crippen LogP contribution in [0.2, 0.25) is 0 Å². The van der Waals surface area contributed by atoms with Crippen molar-refractivity contribution in [2.45, 2.75) is 77.4 Å². The van der Waals surface area contributed by atoms with Gasteiger partial charge in [-0.2, -0.15) is 0 Å². The van der Waals surface area contributed by atoms with E-state index in [2.05, 4.69) is 15.6 Å². The number of rotatable bonds is 5. The van der Waals surface area contributed by atoms with Crippen molar-refractivity contribution in [1.82, 2.24) is 20.2 Å². The van der Waals surface area contributed by atoms with Gasteiger partial charge in [0.1, 0.15) is 5.60 Å². The van der Waals surface area contributed by atoms with Crippen molar-refractivity contribution in [1.29, 1.82) is 0 Å². The van der Waals surface area contributed by atoms with Crippen LogP contribution in [0.4, 0.5) is 10.7 Å². The van der Waals surface area contributed by atoms with Gasteiger partial charge in [-0.15, -0.1) is 0 Å². The first-order valence-corrected chi connectivity index (χ1v) is 9.77. The summed E-state index contributed by atoms with van der Waals surface area (Å²) >= 11 is 5.35. The van der Waals surface area contributed by atoms with Gasteiger partial charge in [-0.05, 0) is 58.7 Å². The molecule has 8 heteroatoms. The molecule has 1 heterocycles. The molecule has 4 N–H and O–H groups in total. The number of nitrogens with two attached hydrogens (primary N) is 1. The monoisotopic (exact) mass is 381 g/mol. The number of thiocarbonyl (C=S) groups is 1. The van der Waals surface area contributed by atoms with Crippen LogP contribution in [0.5, 0.6) is 0 Å². The van der Waals surface area contributed by atoms with Gasteiger partial charge in [-0.3, -0.25) is 0 Å². The number of hydrogen-bond acceptors (Lipinski definition) is 5. The summed E-state index contributed by atoms with van der Waals surface area (Å²) in [5, 5.41) is 7.34. The van der Waals surface area contributed by atoms with Gasteiger partial charge in [0.05, 0.1) is 5.69 Å². The minimum atomic E-state index is -0.571. The Morgan fingerprint density at radius 1 is 1.38 bits per heavy atom. The third kappa shape index (κ3) is 6.82. The fourth-order valence-electron chi connectivity index (χ4n) is 2.98. The zero-order valence-corrected chi connectivity index (χ0v) is 16.8. The first kappa shape index (κ1) is 20.5. The first-order chi connectivity index (χ1) is 12.2. The zero-order chi connectivity index (χ0) is 19.2. The molecule has 1 aromatic heterocycles. The van der Waals surface area contributed by atoms with Crippen LogP contribution in [0.1, 0.15) is 65.0 Å². The third-order valence-corrected chi connectivity index (χ3v) is 4.47. The Morgan fingerprint density at radius 3 is 2.73 bits per heavy atom. The second-order valence-electron chi connectivity index (χ2n) is 7.78. The first-order valence-electron chi connectivity index (χ1n) is 9.36. The second-order valence-corrected chi connectivity index (χ2v) is 8.19.